The molecule has 0 amide bonds. The first kappa shape index (κ1) is 16.1. The second-order valence-corrected chi connectivity index (χ2v) is 4.71. The minimum atomic E-state index is -0.244. The zero-order valence-electron chi connectivity index (χ0n) is 12.8. The minimum absolute atomic E-state index is 0.134. The Labute approximate surface area is 116 Å². The molecule has 0 spiro atoms. The summed E-state index contributed by atoms with van der Waals surface area (Å²) in [6.07, 6.45) is 2.64. The number of methoxy groups -OCH3 is 2. The topological polar surface area (TPSA) is 48.3 Å². The Kier molecular flexibility index (Phi) is 7.05. The van der Waals surface area contributed by atoms with Crippen molar-refractivity contribution in [2.24, 2.45) is 7.05 Å². The monoisotopic (exact) mass is 269 g/mol. The van der Waals surface area contributed by atoms with Crippen molar-refractivity contribution >= 4 is 0 Å². The molecule has 0 saturated carbocycles. The lowest BCUT2D eigenvalue weighted by atomic mass is 10.1. The summed E-state index contributed by atoms with van der Waals surface area (Å²) in [6, 6.07) is 2.29. The Balaban J connectivity index is 2.77. The van der Waals surface area contributed by atoms with E-state index in [1.807, 2.05) is 11.7 Å². The van der Waals surface area contributed by atoms with Crippen molar-refractivity contribution in [3.05, 3.63) is 17.5 Å². The van der Waals surface area contributed by atoms with Gasteiger partial charge in [0.15, 0.2) is 6.29 Å². The van der Waals surface area contributed by atoms with E-state index in [0.29, 0.717) is 0 Å². The van der Waals surface area contributed by atoms with Crippen LogP contribution in [0.4, 0.5) is 0 Å². The van der Waals surface area contributed by atoms with Crippen LogP contribution in [0.2, 0.25) is 0 Å². The normalized spacial score (nSPS) is 13.2. The SMILES string of the molecule is CCCNC(Cc1cc(CC)nn1C)C(OC)OC. The summed E-state index contributed by atoms with van der Waals surface area (Å²) >= 11 is 0. The third-order valence-electron chi connectivity index (χ3n) is 3.27. The highest BCUT2D eigenvalue weighted by Crippen LogP contribution is 2.11. The van der Waals surface area contributed by atoms with E-state index in [9.17, 15) is 0 Å². The lowest BCUT2D eigenvalue weighted by Crippen LogP contribution is -2.44. The van der Waals surface area contributed by atoms with Crippen LogP contribution in [0, 0.1) is 0 Å². The molecule has 0 aliphatic heterocycles. The number of hydrogen-bond donors (Lipinski definition) is 1. The molecule has 5 nitrogen and oxygen atoms in total. The highest BCUT2D eigenvalue weighted by Gasteiger charge is 2.22. The predicted octanol–water partition coefficient (Wildman–Crippen LogP) is 1.51. The van der Waals surface area contributed by atoms with Crippen LogP contribution in [0.1, 0.15) is 31.7 Å². The van der Waals surface area contributed by atoms with E-state index in [0.717, 1.165) is 31.5 Å². The maximum atomic E-state index is 5.39. The number of aromatic nitrogens is 2. The van der Waals surface area contributed by atoms with Crippen molar-refractivity contribution in [3.63, 3.8) is 0 Å². The molecule has 1 heterocycles. The second kappa shape index (κ2) is 8.30. The van der Waals surface area contributed by atoms with Gasteiger partial charge in [-0.1, -0.05) is 13.8 Å². The molecule has 19 heavy (non-hydrogen) atoms. The Hall–Kier alpha value is -0.910. The van der Waals surface area contributed by atoms with Gasteiger partial charge in [0, 0.05) is 33.4 Å². The van der Waals surface area contributed by atoms with Crippen molar-refractivity contribution in [1.29, 1.82) is 0 Å². The first-order chi connectivity index (χ1) is 9.15. The average molecular weight is 269 g/mol. The second-order valence-electron chi connectivity index (χ2n) is 4.71. The number of rotatable bonds is 9. The van der Waals surface area contributed by atoms with Crippen LogP contribution in [0.15, 0.2) is 6.07 Å². The van der Waals surface area contributed by atoms with Crippen LogP contribution in [-0.4, -0.2) is 42.9 Å². The van der Waals surface area contributed by atoms with Crippen molar-refractivity contribution in [2.75, 3.05) is 20.8 Å². The first-order valence-corrected chi connectivity index (χ1v) is 6.96. The molecule has 0 aliphatic carbocycles. The maximum Gasteiger partial charge on any atom is 0.172 e. The van der Waals surface area contributed by atoms with Gasteiger partial charge in [-0.05, 0) is 25.5 Å². The Morgan fingerprint density at radius 3 is 2.47 bits per heavy atom. The fourth-order valence-corrected chi connectivity index (χ4v) is 2.18. The van der Waals surface area contributed by atoms with E-state index in [1.54, 1.807) is 14.2 Å². The average Bonchev–Trinajstić information content (AvgIpc) is 2.77. The van der Waals surface area contributed by atoms with Crippen LogP contribution < -0.4 is 5.32 Å². The Bertz CT molecular complexity index is 362. The molecule has 1 unspecified atom stereocenters. The molecule has 1 atom stereocenters. The minimum Gasteiger partial charge on any atom is -0.354 e. The van der Waals surface area contributed by atoms with Gasteiger partial charge in [-0.25, -0.2) is 0 Å². The van der Waals surface area contributed by atoms with Crippen LogP contribution in [0.25, 0.3) is 0 Å². The first-order valence-electron chi connectivity index (χ1n) is 6.96. The van der Waals surface area contributed by atoms with Gasteiger partial charge < -0.3 is 14.8 Å². The summed E-state index contributed by atoms with van der Waals surface area (Å²) < 4.78 is 12.7. The molecule has 5 heteroatoms. The quantitative estimate of drug-likeness (QED) is 0.690. The van der Waals surface area contributed by atoms with Gasteiger partial charge in [0.2, 0.25) is 0 Å². The molecule has 0 fully saturated rings. The molecule has 0 bridgehead atoms. The van der Waals surface area contributed by atoms with Crippen molar-refractivity contribution in [3.8, 4) is 0 Å². The van der Waals surface area contributed by atoms with Gasteiger partial charge >= 0.3 is 0 Å². The van der Waals surface area contributed by atoms with E-state index in [-0.39, 0.29) is 12.3 Å². The summed E-state index contributed by atoms with van der Waals surface area (Å²) in [7, 11) is 5.34. The Morgan fingerprint density at radius 1 is 1.32 bits per heavy atom. The fraction of sp³-hybridized carbons (Fsp3) is 0.786. The molecule has 0 radical (unpaired) electrons. The van der Waals surface area contributed by atoms with Crippen LogP contribution in [0.5, 0.6) is 0 Å². The zero-order valence-corrected chi connectivity index (χ0v) is 12.8. The highest BCUT2D eigenvalue weighted by molar-refractivity contribution is 5.11. The van der Waals surface area contributed by atoms with Gasteiger partial charge in [0.05, 0.1) is 11.7 Å². The van der Waals surface area contributed by atoms with Gasteiger partial charge in [0.25, 0.3) is 0 Å². The van der Waals surface area contributed by atoms with E-state index in [1.165, 1.54) is 5.69 Å². The molecule has 1 rings (SSSR count). The van der Waals surface area contributed by atoms with E-state index in [2.05, 4.69) is 30.3 Å². The maximum absolute atomic E-state index is 5.39. The molecule has 0 aromatic carbocycles. The largest absolute Gasteiger partial charge is 0.354 e. The smallest absolute Gasteiger partial charge is 0.172 e. The number of aryl methyl sites for hydroxylation is 2. The molecule has 110 valence electrons. The molecule has 0 saturated heterocycles. The van der Waals surface area contributed by atoms with Gasteiger partial charge in [-0.15, -0.1) is 0 Å². The number of hydrogen-bond acceptors (Lipinski definition) is 4. The van der Waals surface area contributed by atoms with Crippen LogP contribution >= 0.6 is 0 Å². The molecule has 0 aliphatic rings. The summed E-state index contributed by atoms with van der Waals surface area (Å²) in [5, 5.41) is 7.96. The summed E-state index contributed by atoms with van der Waals surface area (Å²) in [5.74, 6) is 0. The molecule has 1 aromatic rings. The molecular formula is C14H27N3O2. The van der Waals surface area contributed by atoms with E-state index < -0.39 is 0 Å². The molecular weight excluding hydrogens is 242 g/mol. The van der Waals surface area contributed by atoms with Crippen LogP contribution in [0.3, 0.4) is 0 Å². The fourth-order valence-electron chi connectivity index (χ4n) is 2.18. The summed E-state index contributed by atoms with van der Waals surface area (Å²) in [5.41, 5.74) is 2.32. The number of nitrogens with zero attached hydrogens (tertiary/aromatic N) is 2. The van der Waals surface area contributed by atoms with Gasteiger partial charge in [0.1, 0.15) is 0 Å². The molecule has 1 N–H and O–H groups in total. The van der Waals surface area contributed by atoms with E-state index >= 15 is 0 Å². The van der Waals surface area contributed by atoms with Crippen molar-refractivity contribution in [2.45, 2.75) is 45.4 Å². The van der Waals surface area contributed by atoms with Crippen LogP contribution in [-0.2, 0) is 29.4 Å². The van der Waals surface area contributed by atoms with Gasteiger partial charge in [-0.3, -0.25) is 4.68 Å². The number of ether oxygens (including phenoxy) is 2. The Morgan fingerprint density at radius 2 is 2.00 bits per heavy atom. The van der Waals surface area contributed by atoms with Crippen molar-refractivity contribution in [1.82, 2.24) is 15.1 Å². The zero-order chi connectivity index (χ0) is 14.3. The lowest BCUT2D eigenvalue weighted by Gasteiger charge is -2.25. The lowest BCUT2D eigenvalue weighted by molar-refractivity contribution is -0.122. The van der Waals surface area contributed by atoms with E-state index in [4.69, 9.17) is 9.47 Å². The summed E-state index contributed by atoms with van der Waals surface area (Å²) in [4.78, 5) is 0. The standard InChI is InChI=1S/C14H27N3O2/c1-6-8-15-13(14(18-4)19-5)10-12-9-11(7-2)16-17(12)3/h9,13-15H,6-8,10H2,1-5H3. The third kappa shape index (κ3) is 4.60. The van der Waals surface area contributed by atoms with Gasteiger partial charge in [-0.2, -0.15) is 5.10 Å². The number of nitrogens with one attached hydrogen (secondary N) is 1. The highest BCUT2D eigenvalue weighted by atomic mass is 16.7. The predicted molar refractivity (Wildman–Crippen MR) is 76.2 cm³/mol. The summed E-state index contributed by atoms with van der Waals surface area (Å²) in [6.45, 7) is 5.22. The molecule has 1 aromatic heterocycles. The van der Waals surface area contributed by atoms with Crippen molar-refractivity contribution < 1.29 is 9.47 Å². The third-order valence-corrected chi connectivity index (χ3v) is 3.27.